The van der Waals surface area contributed by atoms with Crippen LogP contribution in [0.1, 0.15) is 35.2 Å². The fourth-order valence-corrected chi connectivity index (χ4v) is 2.62. The van der Waals surface area contributed by atoms with Crippen molar-refractivity contribution in [3.63, 3.8) is 0 Å². The minimum atomic E-state index is 0.151. The highest BCUT2D eigenvalue weighted by atomic mass is 35.5. The van der Waals surface area contributed by atoms with E-state index in [4.69, 9.17) is 11.6 Å². The zero-order valence-corrected chi connectivity index (χ0v) is 12.5. The molecule has 2 aromatic rings. The lowest BCUT2D eigenvalue weighted by molar-refractivity contribution is 0.627. The SMILES string of the molecule is CCNC(c1cc(C)ccc1C)c1ccccc1Cl. The van der Waals surface area contributed by atoms with E-state index in [0.29, 0.717) is 0 Å². The van der Waals surface area contributed by atoms with Gasteiger partial charge in [-0.2, -0.15) is 0 Å². The van der Waals surface area contributed by atoms with Crippen molar-refractivity contribution in [3.8, 4) is 0 Å². The van der Waals surface area contributed by atoms with Crippen LogP contribution in [0.25, 0.3) is 0 Å². The molecule has 1 N–H and O–H groups in total. The van der Waals surface area contributed by atoms with E-state index in [2.05, 4.69) is 50.4 Å². The minimum absolute atomic E-state index is 0.151. The van der Waals surface area contributed by atoms with E-state index in [-0.39, 0.29) is 6.04 Å². The summed E-state index contributed by atoms with van der Waals surface area (Å²) < 4.78 is 0. The number of hydrogen-bond donors (Lipinski definition) is 1. The lowest BCUT2D eigenvalue weighted by Crippen LogP contribution is -2.23. The van der Waals surface area contributed by atoms with Crippen LogP contribution in [0.4, 0.5) is 0 Å². The lowest BCUT2D eigenvalue weighted by atomic mass is 9.93. The maximum absolute atomic E-state index is 6.36. The molecule has 0 aliphatic rings. The summed E-state index contributed by atoms with van der Waals surface area (Å²) in [5.74, 6) is 0. The predicted octanol–water partition coefficient (Wildman–Crippen LogP) is 4.66. The molecular formula is C17H20ClN. The molecular weight excluding hydrogens is 254 g/mol. The molecule has 0 saturated heterocycles. The summed E-state index contributed by atoms with van der Waals surface area (Å²) in [4.78, 5) is 0. The van der Waals surface area contributed by atoms with E-state index in [1.54, 1.807) is 0 Å². The third-order valence-corrected chi connectivity index (χ3v) is 3.71. The van der Waals surface area contributed by atoms with Crippen molar-refractivity contribution in [1.82, 2.24) is 5.32 Å². The second-order valence-electron chi connectivity index (χ2n) is 4.87. The second kappa shape index (κ2) is 6.23. The fraction of sp³-hybridized carbons (Fsp3) is 0.294. The molecule has 0 heterocycles. The molecule has 100 valence electrons. The molecule has 2 heteroatoms. The van der Waals surface area contributed by atoms with Gasteiger partial charge < -0.3 is 5.32 Å². The van der Waals surface area contributed by atoms with Gasteiger partial charge in [0.15, 0.2) is 0 Å². The standard InChI is InChI=1S/C17H20ClN/c1-4-19-17(14-7-5-6-8-16(14)18)15-11-12(2)9-10-13(15)3/h5-11,17,19H,4H2,1-3H3. The first-order valence-corrected chi connectivity index (χ1v) is 7.06. The monoisotopic (exact) mass is 273 g/mol. The van der Waals surface area contributed by atoms with Crippen molar-refractivity contribution in [2.75, 3.05) is 6.54 Å². The average molecular weight is 274 g/mol. The van der Waals surface area contributed by atoms with Crippen LogP contribution < -0.4 is 5.32 Å². The zero-order chi connectivity index (χ0) is 13.8. The summed E-state index contributed by atoms with van der Waals surface area (Å²) in [6, 6.07) is 14.8. The van der Waals surface area contributed by atoms with Gasteiger partial charge in [-0.15, -0.1) is 0 Å². The Hall–Kier alpha value is -1.31. The molecule has 0 spiro atoms. The molecule has 2 rings (SSSR count). The smallest absolute Gasteiger partial charge is 0.0594 e. The maximum Gasteiger partial charge on any atom is 0.0594 e. The number of nitrogens with one attached hydrogen (secondary N) is 1. The number of aryl methyl sites for hydroxylation is 2. The third-order valence-electron chi connectivity index (χ3n) is 3.37. The van der Waals surface area contributed by atoms with E-state index < -0.39 is 0 Å². The number of rotatable bonds is 4. The second-order valence-corrected chi connectivity index (χ2v) is 5.28. The Kier molecular flexibility index (Phi) is 4.62. The normalized spacial score (nSPS) is 12.4. The van der Waals surface area contributed by atoms with Crippen LogP contribution in [0.15, 0.2) is 42.5 Å². The maximum atomic E-state index is 6.36. The first kappa shape index (κ1) is 14.1. The van der Waals surface area contributed by atoms with Crippen LogP contribution in [-0.2, 0) is 0 Å². The molecule has 0 radical (unpaired) electrons. The van der Waals surface area contributed by atoms with Gasteiger partial charge in [0.05, 0.1) is 6.04 Å². The Bertz CT molecular complexity index is 563. The molecule has 0 fully saturated rings. The topological polar surface area (TPSA) is 12.0 Å². The molecule has 0 bridgehead atoms. The Labute approximate surface area is 120 Å². The van der Waals surface area contributed by atoms with Crippen molar-refractivity contribution in [3.05, 3.63) is 69.7 Å². The Morgan fingerprint density at radius 3 is 2.47 bits per heavy atom. The molecule has 1 unspecified atom stereocenters. The van der Waals surface area contributed by atoms with E-state index in [9.17, 15) is 0 Å². The van der Waals surface area contributed by atoms with Gasteiger partial charge in [-0.05, 0) is 43.1 Å². The van der Waals surface area contributed by atoms with Gasteiger partial charge >= 0.3 is 0 Å². The van der Waals surface area contributed by atoms with Crippen LogP contribution in [0, 0.1) is 13.8 Å². The van der Waals surface area contributed by atoms with Crippen LogP contribution >= 0.6 is 11.6 Å². The number of halogens is 1. The molecule has 1 nitrogen and oxygen atoms in total. The molecule has 0 aromatic heterocycles. The quantitative estimate of drug-likeness (QED) is 0.855. The molecule has 1 atom stereocenters. The lowest BCUT2D eigenvalue weighted by Gasteiger charge is -2.22. The summed E-state index contributed by atoms with van der Waals surface area (Å²) in [6.07, 6.45) is 0. The Balaban J connectivity index is 2.51. The molecule has 0 saturated carbocycles. The Morgan fingerprint density at radius 1 is 1.05 bits per heavy atom. The molecule has 0 aliphatic heterocycles. The van der Waals surface area contributed by atoms with E-state index in [0.717, 1.165) is 17.1 Å². The zero-order valence-electron chi connectivity index (χ0n) is 11.7. The van der Waals surface area contributed by atoms with E-state index in [1.807, 2.05) is 18.2 Å². The molecule has 0 aliphatic carbocycles. The van der Waals surface area contributed by atoms with Crippen LogP contribution in [0.5, 0.6) is 0 Å². The van der Waals surface area contributed by atoms with Gasteiger partial charge in [0.1, 0.15) is 0 Å². The van der Waals surface area contributed by atoms with E-state index in [1.165, 1.54) is 16.7 Å². The van der Waals surface area contributed by atoms with E-state index >= 15 is 0 Å². The third kappa shape index (κ3) is 3.17. The first-order valence-electron chi connectivity index (χ1n) is 6.68. The number of hydrogen-bond acceptors (Lipinski definition) is 1. The fourth-order valence-electron chi connectivity index (χ4n) is 2.37. The van der Waals surface area contributed by atoms with Crippen LogP contribution in [-0.4, -0.2) is 6.54 Å². The van der Waals surface area contributed by atoms with Gasteiger partial charge in [0.2, 0.25) is 0 Å². The van der Waals surface area contributed by atoms with Crippen LogP contribution in [0.2, 0.25) is 5.02 Å². The summed E-state index contributed by atoms with van der Waals surface area (Å²) >= 11 is 6.36. The van der Waals surface area contributed by atoms with Gasteiger partial charge in [-0.1, -0.05) is 60.5 Å². The minimum Gasteiger partial charge on any atom is -0.306 e. The highest BCUT2D eigenvalue weighted by Gasteiger charge is 2.17. The highest BCUT2D eigenvalue weighted by Crippen LogP contribution is 2.30. The molecule has 2 aromatic carbocycles. The summed E-state index contributed by atoms with van der Waals surface area (Å²) in [6.45, 7) is 7.30. The van der Waals surface area contributed by atoms with Crippen molar-refractivity contribution in [2.24, 2.45) is 0 Å². The van der Waals surface area contributed by atoms with Gasteiger partial charge in [0.25, 0.3) is 0 Å². The van der Waals surface area contributed by atoms with Gasteiger partial charge in [-0.3, -0.25) is 0 Å². The van der Waals surface area contributed by atoms with Gasteiger partial charge in [0, 0.05) is 5.02 Å². The first-order chi connectivity index (χ1) is 9.13. The summed E-state index contributed by atoms with van der Waals surface area (Å²) in [5, 5.41) is 4.35. The average Bonchev–Trinajstić information content (AvgIpc) is 2.40. The van der Waals surface area contributed by atoms with Crippen molar-refractivity contribution in [1.29, 1.82) is 0 Å². The summed E-state index contributed by atoms with van der Waals surface area (Å²) in [5.41, 5.74) is 5.00. The van der Waals surface area contributed by atoms with Crippen molar-refractivity contribution < 1.29 is 0 Å². The van der Waals surface area contributed by atoms with Gasteiger partial charge in [-0.25, -0.2) is 0 Å². The predicted molar refractivity (Wildman–Crippen MR) is 82.9 cm³/mol. The molecule has 19 heavy (non-hydrogen) atoms. The summed E-state index contributed by atoms with van der Waals surface area (Å²) in [7, 11) is 0. The van der Waals surface area contributed by atoms with Crippen molar-refractivity contribution in [2.45, 2.75) is 26.8 Å². The molecule has 0 amide bonds. The van der Waals surface area contributed by atoms with Crippen molar-refractivity contribution >= 4 is 11.6 Å². The Morgan fingerprint density at radius 2 is 1.79 bits per heavy atom. The van der Waals surface area contributed by atoms with Crippen LogP contribution in [0.3, 0.4) is 0 Å². The highest BCUT2D eigenvalue weighted by molar-refractivity contribution is 6.31. The number of benzene rings is 2. The largest absolute Gasteiger partial charge is 0.306 e.